The minimum absolute atomic E-state index is 0.00376. The minimum atomic E-state index is -0.00376. The van der Waals surface area contributed by atoms with Gasteiger partial charge in [-0.2, -0.15) is 0 Å². The van der Waals surface area contributed by atoms with Crippen molar-refractivity contribution in [2.75, 3.05) is 5.73 Å². The average molecular weight is 462 g/mol. The summed E-state index contributed by atoms with van der Waals surface area (Å²) in [6.07, 6.45) is 0. The lowest BCUT2D eigenvalue weighted by molar-refractivity contribution is 0.450. The Labute approximate surface area is 209 Å². The maximum Gasteiger partial charge on any atom is 0.124 e. The SMILES string of the molecule is Nc1c2c(c(O)c3c1C1c4ccccc4C3c3ccccc31)C1c3ccccc3C2c2ccccc21. The second-order valence-electron chi connectivity index (χ2n) is 10.7. The third kappa shape index (κ3) is 1.96. The van der Waals surface area contributed by atoms with Crippen molar-refractivity contribution < 1.29 is 5.11 Å². The first-order chi connectivity index (χ1) is 17.8. The smallest absolute Gasteiger partial charge is 0.124 e. The lowest BCUT2D eigenvalue weighted by Gasteiger charge is -2.48. The van der Waals surface area contributed by atoms with Crippen LogP contribution in [0.3, 0.4) is 0 Å². The molecule has 0 aliphatic heterocycles. The zero-order valence-corrected chi connectivity index (χ0v) is 19.6. The van der Waals surface area contributed by atoms with Gasteiger partial charge in [-0.15, -0.1) is 0 Å². The molecule has 0 spiro atoms. The molecule has 11 rings (SSSR count). The van der Waals surface area contributed by atoms with Gasteiger partial charge in [0.2, 0.25) is 0 Å². The topological polar surface area (TPSA) is 46.2 Å². The molecule has 36 heavy (non-hydrogen) atoms. The summed E-state index contributed by atoms with van der Waals surface area (Å²) in [5.41, 5.74) is 22.9. The summed E-state index contributed by atoms with van der Waals surface area (Å²) in [4.78, 5) is 0. The lowest BCUT2D eigenvalue weighted by Crippen LogP contribution is -2.33. The first-order valence-electron chi connectivity index (χ1n) is 12.8. The van der Waals surface area contributed by atoms with Crippen LogP contribution in [0.25, 0.3) is 0 Å². The molecular weight excluding hydrogens is 438 g/mol. The number of anilines is 1. The van der Waals surface area contributed by atoms with Crippen LogP contribution in [0.5, 0.6) is 5.75 Å². The van der Waals surface area contributed by atoms with Crippen LogP contribution in [-0.2, 0) is 0 Å². The van der Waals surface area contributed by atoms with Crippen molar-refractivity contribution in [3.05, 3.63) is 164 Å². The van der Waals surface area contributed by atoms with Crippen LogP contribution in [0.1, 0.15) is 90.4 Å². The first kappa shape index (κ1) is 19.0. The van der Waals surface area contributed by atoms with E-state index < -0.39 is 0 Å². The predicted molar refractivity (Wildman–Crippen MR) is 142 cm³/mol. The van der Waals surface area contributed by atoms with Crippen molar-refractivity contribution in [3.63, 3.8) is 0 Å². The van der Waals surface area contributed by atoms with Crippen LogP contribution in [0.4, 0.5) is 5.69 Å². The highest BCUT2D eigenvalue weighted by Gasteiger charge is 2.50. The number of nitrogens with two attached hydrogens (primary N) is 1. The van der Waals surface area contributed by atoms with Crippen LogP contribution in [0.2, 0.25) is 0 Å². The molecule has 6 aliphatic rings. The van der Waals surface area contributed by atoms with E-state index in [2.05, 4.69) is 97.1 Å². The van der Waals surface area contributed by atoms with Crippen molar-refractivity contribution in [2.45, 2.75) is 23.7 Å². The van der Waals surface area contributed by atoms with E-state index in [0.29, 0.717) is 5.75 Å². The molecule has 0 atom stereocenters. The molecule has 0 radical (unpaired) electrons. The second kappa shape index (κ2) is 6.27. The molecule has 5 aromatic rings. The molecule has 170 valence electrons. The van der Waals surface area contributed by atoms with Crippen LogP contribution in [0, 0.1) is 0 Å². The molecule has 2 nitrogen and oxygen atoms in total. The quantitative estimate of drug-likeness (QED) is 0.190. The molecular formula is C34H23NO. The van der Waals surface area contributed by atoms with E-state index >= 15 is 0 Å². The highest BCUT2D eigenvalue weighted by molar-refractivity contribution is 5.84. The van der Waals surface area contributed by atoms with E-state index in [4.69, 9.17) is 5.73 Å². The largest absolute Gasteiger partial charge is 0.507 e. The molecule has 0 saturated carbocycles. The maximum atomic E-state index is 12.3. The van der Waals surface area contributed by atoms with Gasteiger partial charge in [-0.3, -0.25) is 0 Å². The Bertz CT molecular complexity index is 1450. The Kier molecular flexibility index (Phi) is 3.30. The van der Waals surface area contributed by atoms with Crippen molar-refractivity contribution in [1.29, 1.82) is 0 Å². The van der Waals surface area contributed by atoms with Crippen molar-refractivity contribution in [2.24, 2.45) is 0 Å². The Balaban J connectivity index is 1.43. The number of hydrogen-bond donors (Lipinski definition) is 2. The molecule has 6 aliphatic carbocycles. The highest BCUT2D eigenvalue weighted by atomic mass is 16.3. The summed E-state index contributed by atoms with van der Waals surface area (Å²) in [5, 5.41) is 12.3. The average Bonchev–Trinajstić information content (AvgIpc) is 2.95. The normalized spacial score (nSPS) is 22.7. The molecule has 0 aromatic heterocycles. The van der Waals surface area contributed by atoms with Gasteiger partial charge < -0.3 is 10.8 Å². The van der Waals surface area contributed by atoms with Gasteiger partial charge in [0, 0.05) is 40.5 Å². The van der Waals surface area contributed by atoms with Crippen molar-refractivity contribution in [1.82, 2.24) is 0 Å². The van der Waals surface area contributed by atoms with Crippen LogP contribution < -0.4 is 5.73 Å². The van der Waals surface area contributed by atoms with Gasteiger partial charge in [-0.05, 0) is 55.6 Å². The minimum Gasteiger partial charge on any atom is -0.507 e. The van der Waals surface area contributed by atoms with E-state index in [-0.39, 0.29) is 23.7 Å². The molecule has 2 heteroatoms. The van der Waals surface area contributed by atoms with Crippen LogP contribution in [-0.4, -0.2) is 5.11 Å². The number of hydrogen-bond acceptors (Lipinski definition) is 2. The summed E-state index contributed by atoms with van der Waals surface area (Å²) in [7, 11) is 0. The molecule has 0 amide bonds. The Hall–Kier alpha value is -4.30. The maximum absolute atomic E-state index is 12.3. The number of aromatic hydroxyl groups is 1. The number of phenols is 1. The van der Waals surface area contributed by atoms with Crippen molar-refractivity contribution >= 4 is 5.69 Å². The molecule has 0 fully saturated rings. The van der Waals surface area contributed by atoms with Gasteiger partial charge in [0.1, 0.15) is 5.75 Å². The molecule has 5 aromatic carbocycles. The summed E-state index contributed by atoms with van der Waals surface area (Å²) in [6, 6.07) is 34.9. The number of benzene rings is 5. The summed E-state index contributed by atoms with van der Waals surface area (Å²) < 4.78 is 0. The van der Waals surface area contributed by atoms with Gasteiger partial charge in [0.05, 0.1) is 0 Å². The lowest BCUT2D eigenvalue weighted by atomic mass is 9.55. The molecule has 4 bridgehead atoms. The number of nitrogen functional groups attached to an aromatic ring is 1. The van der Waals surface area contributed by atoms with E-state index in [1.807, 2.05) is 0 Å². The fraction of sp³-hybridized carbons (Fsp3) is 0.118. The third-order valence-electron chi connectivity index (χ3n) is 9.30. The zero-order chi connectivity index (χ0) is 23.7. The molecule has 3 N–H and O–H groups in total. The van der Waals surface area contributed by atoms with Gasteiger partial charge in [0.25, 0.3) is 0 Å². The molecule has 0 unspecified atom stereocenters. The number of rotatable bonds is 0. The summed E-state index contributed by atoms with van der Waals surface area (Å²) in [5.74, 6) is 0.526. The van der Waals surface area contributed by atoms with Gasteiger partial charge in [0.15, 0.2) is 0 Å². The highest BCUT2D eigenvalue weighted by Crippen LogP contribution is 2.66. The van der Waals surface area contributed by atoms with E-state index in [1.165, 1.54) is 44.5 Å². The zero-order valence-electron chi connectivity index (χ0n) is 19.6. The Morgan fingerprint density at radius 2 is 0.611 bits per heavy atom. The third-order valence-corrected chi connectivity index (χ3v) is 9.30. The summed E-state index contributed by atoms with van der Waals surface area (Å²) in [6.45, 7) is 0. The number of phenolic OH excluding ortho intramolecular Hbond substituents is 1. The molecule has 0 heterocycles. The summed E-state index contributed by atoms with van der Waals surface area (Å²) >= 11 is 0. The first-order valence-corrected chi connectivity index (χ1v) is 12.8. The Morgan fingerprint density at radius 1 is 0.389 bits per heavy atom. The predicted octanol–water partition coefficient (Wildman–Crippen LogP) is 6.95. The van der Waals surface area contributed by atoms with Crippen LogP contribution >= 0.6 is 0 Å². The monoisotopic (exact) mass is 461 g/mol. The van der Waals surface area contributed by atoms with Gasteiger partial charge in [-0.1, -0.05) is 97.1 Å². The standard InChI is InChI=1S/C34H23NO/c35-33-29-25-17-9-1-5-13-21(17)27(22-14-6-2-10-18(22)25)31(29)34(36)32-28-23-15-7-3-11-19(23)26(30(32)33)20-12-4-8-16-24(20)28/h1-16,25-28,36H,35H2. The fourth-order valence-electron chi connectivity index (χ4n) is 8.10. The van der Waals surface area contributed by atoms with E-state index in [0.717, 1.165) is 27.9 Å². The second-order valence-corrected chi connectivity index (χ2v) is 10.7. The Morgan fingerprint density at radius 3 is 0.861 bits per heavy atom. The van der Waals surface area contributed by atoms with Gasteiger partial charge >= 0.3 is 0 Å². The van der Waals surface area contributed by atoms with E-state index in [9.17, 15) is 5.11 Å². The van der Waals surface area contributed by atoms with Crippen molar-refractivity contribution in [3.8, 4) is 5.75 Å². The van der Waals surface area contributed by atoms with Crippen LogP contribution in [0.15, 0.2) is 97.1 Å². The fourth-order valence-corrected chi connectivity index (χ4v) is 8.10. The van der Waals surface area contributed by atoms with E-state index in [1.54, 1.807) is 0 Å². The van der Waals surface area contributed by atoms with Gasteiger partial charge in [-0.25, -0.2) is 0 Å². The molecule has 0 saturated heterocycles.